The molecule has 2 rings (SSSR count). The van der Waals surface area contributed by atoms with Crippen LogP contribution >= 0.6 is 0 Å². The molecule has 0 amide bonds. The molecule has 2 nitrogen and oxygen atoms in total. The van der Waals surface area contributed by atoms with Gasteiger partial charge < -0.3 is 9.84 Å². The molecule has 0 aliphatic rings. The molecule has 1 N–H and O–H groups in total. The quantitative estimate of drug-likeness (QED) is 0.903. The smallest absolute Gasteiger partial charge is 0.168 e. The minimum atomic E-state index is -0.875. The Balaban J connectivity index is 2.46. The number of para-hydroxylation sites is 1. The first kappa shape index (κ1) is 13.5. The monoisotopic (exact) mass is 264 g/mol. The van der Waals surface area contributed by atoms with E-state index in [0.717, 1.165) is 0 Å². The summed E-state index contributed by atoms with van der Waals surface area (Å²) in [4.78, 5) is 0. The van der Waals surface area contributed by atoms with Gasteiger partial charge in [0.2, 0.25) is 0 Å². The standard InChI is InChI=1S/C15H14F2O2/c1-9-6-7-11(16)8-14(9)19-15-12(10(2)18)4-3-5-13(15)17/h3-8,10,18H,1-2H3. The average Bonchev–Trinajstić information content (AvgIpc) is 2.35. The highest BCUT2D eigenvalue weighted by Gasteiger charge is 2.15. The van der Waals surface area contributed by atoms with E-state index in [2.05, 4.69) is 0 Å². The van der Waals surface area contributed by atoms with Crippen molar-refractivity contribution >= 4 is 0 Å². The molecule has 0 aliphatic carbocycles. The molecule has 0 radical (unpaired) electrons. The molecule has 100 valence electrons. The molecular formula is C15H14F2O2. The zero-order valence-corrected chi connectivity index (χ0v) is 10.7. The van der Waals surface area contributed by atoms with Crippen LogP contribution in [0.25, 0.3) is 0 Å². The van der Waals surface area contributed by atoms with E-state index in [9.17, 15) is 13.9 Å². The fourth-order valence-corrected chi connectivity index (χ4v) is 1.76. The maximum atomic E-state index is 13.8. The van der Waals surface area contributed by atoms with Gasteiger partial charge in [-0.05, 0) is 31.5 Å². The van der Waals surface area contributed by atoms with E-state index >= 15 is 0 Å². The maximum absolute atomic E-state index is 13.8. The van der Waals surface area contributed by atoms with Crippen LogP contribution in [0.2, 0.25) is 0 Å². The second-order valence-corrected chi connectivity index (χ2v) is 4.35. The highest BCUT2D eigenvalue weighted by molar-refractivity contribution is 5.42. The third kappa shape index (κ3) is 2.90. The van der Waals surface area contributed by atoms with Crippen LogP contribution in [0, 0.1) is 18.6 Å². The van der Waals surface area contributed by atoms with Crippen molar-refractivity contribution in [1.82, 2.24) is 0 Å². The van der Waals surface area contributed by atoms with Gasteiger partial charge in [-0.15, -0.1) is 0 Å². The summed E-state index contributed by atoms with van der Waals surface area (Å²) in [6, 6.07) is 8.33. The lowest BCUT2D eigenvalue weighted by molar-refractivity contribution is 0.194. The van der Waals surface area contributed by atoms with E-state index < -0.39 is 17.7 Å². The Hall–Kier alpha value is -1.94. The summed E-state index contributed by atoms with van der Waals surface area (Å²) in [5.74, 6) is -0.907. The minimum absolute atomic E-state index is 0.0776. The van der Waals surface area contributed by atoms with E-state index in [0.29, 0.717) is 11.1 Å². The summed E-state index contributed by atoms with van der Waals surface area (Å²) in [7, 11) is 0. The van der Waals surface area contributed by atoms with Crippen molar-refractivity contribution in [3.8, 4) is 11.5 Å². The number of aliphatic hydroxyl groups is 1. The molecule has 0 aromatic heterocycles. The van der Waals surface area contributed by atoms with Crippen LogP contribution < -0.4 is 4.74 Å². The van der Waals surface area contributed by atoms with Crippen molar-refractivity contribution in [3.05, 3.63) is 59.2 Å². The molecule has 0 bridgehead atoms. The second-order valence-electron chi connectivity index (χ2n) is 4.35. The first-order valence-electron chi connectivity index (χ1n) is 5.89. The van der Waals surface area contributed by atoms with Gasteiger partial charge in [-0.3, -0.25) is 0 Å². The molecular weight excluding hydrogens is 250 g/mol. The Kier molecular flexibility index (Phi) is 3.81. The Morgan fingerprint density at radius 3 is 2.58 bits per heavy atom. The van der Waals surface area contributed by atoms with Crippen LogP contribution in [0.5, 0.6) is 11.5 Å². The van der Waals surface area contributed by atoms with Gasteiger partial charge in [0.05, 0.1) is 6.10 Å². The first-order chi connectivity index (χ1) is 8.99. The molecule has 0 saturated carbocycles. The fraction of sp³-hybridized carbons (Fsp3) is 0.200. The van der Waals surface area contributed by atoms with Crippen LogP contribution in [0.1, 0.15) is 24.2 Å². The molecule has 0 saturated heterocycles. The van der Waals surface area contributed by atoms with E-state index in [1.165, 1.54) is 31.2 Å². The third-order valence-corrected chi connectivity index (χ3v) is 2.81. The van der Waals surface area contributed by atoms with Crippen molar-refractivity contribution in [2.45, 2.75) is 20.0 Å². The molecule has 4 heteroatoms. The SMILES string of the molecule is Cc1ccc(F)cc1Oc1c(F)cccc1C(C)O. The van der Waals surface area contributed by atoms with Crippen LogP contribution in [0.3, 0.4) is 0 Å². The van der Waals surface area contributed by atoms with E-state index in [1.54, 1.807) is 19.1 Å². The Morgan fingerprint density at radius 1 is 1.16 bits per heavy atom. The fourth-order valence-electron chi connectivity index (χ4n) is 1.76. The number of aliphatic hydroxyl groups excluding tert-OH is 1. The summed E-state index contributed by atoms with van der Waals surface area (Å²) in [6.45, 7) is 3.25. The van der Waals surface area contributed by atoms with Gasteiger partial charge in [-0.1, -0.05) is 18.2 Å². The van der Waals surface area contributed by atoms with Gasteiger partial charge >= 0.3 is 0 Å². The van der Waals surface area contributed by atoms with Gasteiger partial charge in [0, 0.05) is 11.6 Å². The van der Waals surface area contributed by atoms with Crippen molar-refractivity contribution in [2.75, 3.05) is 0 Å². The van der Waals surface area contributed by atoms with Crippen LogP contribution in [0.4, 0.5) is 8.78 Å². The van der Waals surface area contributed by atoms with Gasteiger partial charge in [0.15, 0.2) is 11.6 Å². The van der Waals surface area contributed by atoms with Crippen molar-refractivity contribution < 1.29 is 18.6 Å². The van der Waals surface area contributed by atoms with E-state index in [1.807, 2.05) is 0 Å². The van der Waals surface area contributed by atoms with E-state index in [4.69, 9.17) is 4.74 Å². The van der Waals surface area contributed by atoms with Crippen LogP contribution in [-0.4, -0.2) is 5.11 Å². The molecule has 0 heterocycles. The Morgan fingerprint density at radius 2 is 1.89 bits per heavy atom. The number of hydrogen-bond donors (Lipinski definition) is 1. The molecule has 1 atom stereocenters. The lowest BCUT2D eigenvalue weighted by atomic mass is 10.1. The summed E-state index contributed by atoms with van der Waals surface area (Å²) in [6.07, 6.45) is -0.875. The van der Waals surface area contributed by atoms with Gasteiger partial charge in [0.25, 0.3) is 0 Å². The highest BCUT2D eigenvalue weighted by atomic mass is 19.1. The van der Waals surface area contributed by atoms with E-state index in [-0.39, 0.29) is 11.5 Å². The lowest BCUT2D eigenvalue weighted by Crippen LogP contribution is -1.99. The Bertz CT molecular complexity index is 595. The second kappa shape index (κ2) is 5.36. The van der Waals surface area contributed by atoms with Gasteiger partial charge in [0.1, 0.15) is 11.6 Å². The number of rotatable bonds is 3. The summed E-state index contributed by atoms with van der Waals surface area (Å²) >= 11 is 0. The molecule has 0 aliphatic heterocycles. The topological polar surface area (TPSA) is 29.5 Å². The third-order valence-electron chi connectivity index (χ3n) is 2.81. The summed E-state index contributed by atoms with van der Waals surface area (Å²) in [5, 5.41) is 9.61. The first-order valence-corrected chi connectivity index (χ1v) is 5.89. The molecule has 1 unspecified atom stereocenters. The van der Waals surface area contributed by atoms with Crippen molar-refractivity contribution in [3.63, 3.8) is 0 Å². The summed E-state index contributed by atoms with van der Waals surface area (Å²) < 4.78 is 32.4. The zero-order valence-electron chi connectivity index (χ0n) is 10.7. The average molecular weight is 264 g/mol. The molecule has 2 aromatic carbocycles. The largest absolute Gasteiger partial charge is 0.454 e. The number of benzene rings is 2. The van der Waals surface area contributed by atoms with Gasteiger partial charge in [-0.25, -0.2) is 8.78 Å². The van der Waals surface area contributed by atoms with Gasteiger partial charge in [-0.2, -0.15) is 0 Å². The number of hydrogen-bond acceptors (Lipinski definition) is 2. The minimum Gasteiger partial charge on any atom is -0.454 e. The van der Waals surface area contributed by atoms with Crippen LogP contribution in [0.15, 0.2) is 36.4 Å². The Labute approximate surface area is 110 Å². The molecule has 2 aromatic rings. The number of halogens is 2. The van der Waals surface area contributed by atoms with Crippen LogP contribution in [-0.2, 0) is 0 Å². The van der Waals surface area contributed by atoms with Crippen molar-refractivity contribution in [1.29, 1.82) is 0 Å². The summed E-state index contributed by atoms with van der Waals surface area (Å²) in [5.41, 5.74) is 1.00. The zero-order chi connectivity index (χ0) is 14.0. The maximum Gasteiger partial charge on any atom is 0.168 e. The normalized spacial score (nSPS) is 12.3. The predicted molar refractivity (Wildman–Crippen MR) is 68.2 cm³/mol. The number of aryl methyl sites for hydroxylation is 1. The molecule has 0 spiro atoms. The lowest BCUT2D eigenvalue weighted by Gasteiger charge is -2.15. The highest BCUT2D eigenvalue weighted by Crippen LogP contribution is 2.33. The molecule has 0 fully saturated rings. The molecule has 19 heavy (non-hydrogen) atoms. The van der Waals surface area contributed by atoms with Crippen molar-refractivity contribution in [2.24, 2.45) is 0 Å². The number of ether oxygens (including phenoxy) is 1. The predicted octanol–water partition coefficient (Wildman–Crippen LogP) is 4.12.